The molecule has 1 fully saturated rings. The molecule has 0 saturated heterocycles. The zero-order chi connectivity index (χ0) is 12.5. The molecule has 0 aliphatic heterocycles. The van der Waals surface area contributed by atoms with Crippen molar-refractivity contribution in [3.05, 3.63) is 59.7 Å². The molecule has 1 aromatic rings. The first-order valence-electron chi connectivity index (χ1n) is 7.15. The van der Waals surface area contributed by atoms with Crippen LogP contribution in [0.15, 0.2) is 48.6 Å². The Morgan fingerprint density at radius 2 is 1.89 bits per heavy atom. The zero-order valence-corrected chi connectivity index (χ0v) is 11.3. The molecule has 4 unspecified atom stereocenters. The monoisotopic (exact) mass is 238 g/mol. The predicted octanol–water partition coefficient (Wildman–Crippen LogP) is 4.87. The molecule has 0 aromatic heterocycles. The van der Waals surface area contributed by atoms with Crippen LogP contribution in [-0.2, 0) is 0 Å². The van der Waals surface area contributed by atoms with E-state index in [1.165, 1.54) is 24.0 Å². The van der Waals surface area contributed by atoms with Crippen LogP contribution in [-0.4, -0.2) is 0 Å². The minimum Gasteiger partial charge on any atom is -0.0808 e. The first kappa shape index (κ1) is 11.8. The Hall–Kier alpha value is -1.30. The minimum absolute atomic E-state index is 0.708. The molecule has 3 rings (SSSR count). The van der Waals surface area contributed by atoms with Crippen molar-refractivity contribution in [2.24, 2.45) is 17.8 Å². The van der Waals surface area contributed by atoms with Gasteiger partial charge in [-0.3, -0.25) is 0 Å². The van der Waals surface area contributed by atoms with Gasteiger partial charge in [0, 0.05) is 0 Å². The molecule has 0 nitrogen and oxygen atoms in total. The standard InChI is InChI=1S/C18H22/c1-13-6-5-8-16(10-13)18-12-14(2)11-15-7-3-4-9-17(15)18/h3-10,14-15,17-18H,11-12H2,1-2H3. The molecule has 94 valence electrons. The van der Waals surface area contributed by atoms with Gasteiger partial charge in [-0.2, -0.15) is 0 Å². The van der Waals surface area contributed by atoms with Gasteiger partial charge < -0.3 is 0 Å². The van der Waals surface area contributed by atoms with Crippen molar-refractivity contribution in [1.82, 2.24) is 0 Å². The second kappa shape index (κ2) is 4.76. The maximum atomic E-state index is 2.43. The lowest BCUT2D eigenvalue weighted by Gasteiger charge is -2.40. The highest BCUT2D eigenvalue weighted by Gasteiger charge is 2.34. The fourth-order valence-electron chi connectivity index (χ4n) is 3.75. The Morgan fingerprint density at radius 3 is 2.72 bits per heavy atom. The van der Waals surface area contributed by atoms with E-state index in [9.17, 15) is 0 Å². The van der Waals surface area contributed by atoms with Crippen LogP contribution in [0.5, 0.6) is 0 Å². The summed E-state index contributed by atoms with van der Waals surface area (Å²) in [5.74, 6) is 3.02. The molecule has 2 aliphatic rings. The van der Waals surface area contributed by atoms with Gasteiger partial charge >= 0.3 is 0 Å². The lowest BCUT2D eigenvalue weighted by atomic mass is 9.65. The van der Waals surface area contributed by atoms with Gasteiger partial charge in [0.05, 0.1) is 0 Å². The Morgan fingerprint density at radius 1 is 1.06 bits per heavy atom. The average molecular weight is 238 g/mol. The second-order valence-electron chi connectivity index (χ2n) is 6.11. The number of rotatable bonds is 1. The normalized spacial score (nSPS) is 34.3. The van der Waals surface area contributed by atoms with E-state index in [0.717, 1.165) is 11.8 Å². The van der Waals surface area contributed by atoms with Crippen LogP contribution in [0, 0.1) is 24.7 Å². The molecule has 0 radical (unpaired) electrons. The first-order chi connectivity index (χ1) is 8.74. The maximum Gasteiger partial charge on any atom is -0.00906 e. The molecule has 0 heteroatoms. The summed E-state index contributed by atoms with van der Waals surface area (Å²) in [6, 6.07) is 9.11. The third-order valence-electron chi connectivity index (χ3n) is 4.56. The van der Waals surface area contributed by atoms with Gasteiger partial charge in [0.25, 0.3) is 0 Å². The highest BCUT2D eigenvalue weighted by Crippen LogP contribution is 2.46. The lowest BCUT2D eigenvalue weighted by molar-refractivity contribution is 0.228. The van der Waals surface area contributed by atoms with Gasteiger partial charge in [-0.15, -0.1) is 0 Å². The van der Waals surface area contributed by atoms with Crippen molar-refractivity contribution in [2.75, 3.05) is 0 Å². The van der Waals surface area contributed by atoms with Crippen LogP contribution >= 0.6 is 0 Å². The van der Waals surface area contributed by atoms with Gasteiger partial charge in [0.2, 0.25) is 0 Å². The van der Waals surface area contributed by atoms with E-state index < -0.39 is 0 Å². The molecule has 18 heavy (non-hydrogen) atoms. The fraction of sp³-hybridized carbons (Fsp3) is 0.444. The molecule has 1 aromatic carbocycles. The third-order valence-corrected chi connectivity index (χ3v) is 4.56. The highest BCUT2D eigenvalue weighted by atomic mass is 14.4. The molecule has 0 bridgehead atoms. The summed E-state index contributed by atoms with van der Waals surface area (Å²) in [4.78, 5) is 0. The SMILES string of the molecule is Cc1cccc(C2CC(C)CC3C=CC=CC32)c1. The Kier molecular flexibility index (Phi) is 3.11. The number of hydrogen-bond acceptors (Lipinski definition) is 0. The number of fused-ring (bicyclic) bond motifs is 1. The van der Waals surface area contributed by atoms with E-state index in [1.54, 1.807) is 0 Å². The Bertz CT molecular complexity index is 481. The van der Waals surface area contributed by atoms with Gasteiger partial charge in [-0.1, -0.05) is 61.1 Å². The van der Waals surface area contributed by atoms with Crippen LogP contribution in [0.1, 0.15) is 36.8 Å². The lowest BCUT2D eigenvalue weighted by Crippen LogP contribution is -2.29. The van der Waals surface area contributed by atoms with E-state index >= 15 is 0 Å². The van der Waals surface area contributed by atoms with Crippen molar-refractivity contribution in [2.45, 2.75) is 32.6 Å². The van der Waals surface area contributed by atoms with Crippen molar-refractivity contribution in [3.63, 3.8) is 0 Å². The molecular weight excluding hydrogens is 216 g/mol. The summed E-state index contributed by atoms with van der Waals surface area (Å²) in [7, 11) is 0. The van der Waals surface area contributed by atoms with E-state index in [-0.39, 0.29) is 0 Å². The van der Waals surface area contributed by atoms with E-state index in [1.807, 2.05) is 0 Å². The summed E-state index contributed by atoms with van der Waals surface area (Å²) in [5, 5.41) is 0. The Balaban J connectivity index is 1.94. The molecule has 0 spiro atoms. The molecular formula is C18H22. The van der Waals surface area contributed by atoms with Crippen molar-refractivity contribution in [3.8, 4) is 0 Å². The van der Waals surface area contributed by atoms with Gasteiger partial charge in [-0.05, 0) is 49.0 Å². The molecule has 4 atom stereocenters. The van der Waals surface area contributed by atoms with Crippen LogP contribution in [0.3, 0.4) is 0 Å². The van der Waals surface area contributed by atoms with Gasteiger partial charge in [0.1, 0.15) is 0 Å². The number of hydrogen-bond donors (Lipinski definition) is 0. The zero-order valence-electron chi connectivity index (χ0n) is 11.3. The van der Waals surface area contributed by atoms with Crippen molar-refractivity contribution >= 4 is 0 Å². The summed E-state index contributed by atoms with van der Waals surface area (Å²) in [6.45, 7) is 4.61. The van der Waals surface area contributed by atoms with Crippen LogP contribution in [0.25, 0.3) is 0 Å². The summed E-state index contributed by atoms with van der Waals surface area (Å²) < 4.78 is 0. The van der Waals surface area contributed by atoms with E-state index in [4.69, 9.17) is 0 Å². The molecule has 0 heterocycles. The number of benzene rings is 1. The summed E-state index contributed by atoms with van der Waals surface area (Å²) in [5.41, 5.74) is 2.93. The van der Waals surface area contributed by atoms with Crippen molar-refractivity contribution < 1.29 is 0 Å². The summed E-state index contributed by atoms with van der Waals surface area (Å²) >= 11 is 0. The van der Waals surface area contributed by atoms with Crippen LogP contribution < -0.4 is 0 Å². The van der Waals surface area contributed by atoms with Crippen LogP contribution in [0.4, 0.5) is 0 Å². The van der Waals surface area contributed by atoms with Gasteiger partial charge in [-0.25, -0.2) is 0 Å². The maximum absolute atomic E-state index is 2.43. The topological polar surface area (TPSA) is 0 Å². The van der Waals surface area contributed by atoms with Crippen molar-refractivity contribution in [1.29, 1.82) is 0 Å². The molecule has 1 saturated carbocycles. The highest BCUT2D eigenvalue weighted by molar-refractivity contribution is 5.30. The second-order valence-corrected chi connectivity index (χ2v) is 6.11. The Labute approximate surface area is 110 Å². The largest absolute Gasteiger partial charge is 0.0808 e. The van der Waals surface area contributed by atoms with E-state index in [0.29, 0.717) is 11.8 Å². The van der Waals surface area contributed by atoms with Crippen LogP contribution in [0.2, 0.25) is 0 Å². The molecule has 0 amide bonds. The number of aryl methyl sites for hydroxylation is 1. The predicted molar refractivity (Wildman–Crippen MR) is 77.6 cm³/mol. The summed E-state index contributed by atoms with van der Waals surface area (Å²) in [6.07, 6.45) is 12.0. The third kappa shape index (κ3) is 2.16. The average Bonchev–Trinajstić information content (AvgIpc) is 2.37. The smallest absolute Gasteiger partial charge is 0.00906 e. The molecule has 0 N–H and O–H groups in total. The van der Waals surface area contributed by atoms with Gasteiger partial charge in [0.15, 0.2) is 0 Å². The first-order valence-corrected chi connectivity index (χ1v) is 7.15. The minimum atomic E-state index is 0.708. The fourth-order valence-corrected chi connectivity index (χ4v) is 3.75. The quantitative estimate of drug-likeness (QED) is 0.655. The molecule has 2 aliphatic carbocycles. The van der Waals surface area contributed by atoms with E-state index in [2.05, 4.69) is 62.4 Å². The number of allylic oxidation sites excluding steroid dienone is 4.